The molecule has 1 aromatic heterocycles. The van der Waals surface area contributed by atoms with Gasteiger partial charge in [0.25, 0.3) is 0 Å². The van der Waals surface area contributed by atoms with Gasteiger partial charge in [-0.2, -0.15) is 0 Å². The minimum Gasteiger partial charge on any atom is -0.497 e. The maximum atomic E-state index is 12.9. The zero-order valence-corrected chi connectivity index (χ0v) is 17.7. The average molecular weight is 403 g/mol. The molecule has 5 heteroatoms. The van der Waals surface area contributed by atoms with Crippen LogP contribution in [0.15, 0.2) is 60.0 Å². The van der Waals surface area contributed by atoms with Crippen molar-refractivity contribution in [3.63, 3.8) is 0 Å². The molecule has 0 aliphatic carbocycles. The van der Waals surface area contributed by atoms with Crippen LogP contribution < -0.4 is 14.2 Å². The molecule has 0 atom stereocenters. The summed E-state index contributed by atoms with van der Waals surface area (Å²) in [6.45, 7) is 7.44. The van der Waals surface area contributed by atoms with E-state index in [0.717, 1.165) is 28.8 Å². The van der Waals surface area contributed by atoms with Crippen LogP contribution in [0, 0.1) is 0 Å². The number of aromatic nitrogens is 1. The second kappa shape index (κ2) is 8.11. The SMILES string of the molecule is CCn1cc(/C=C2/Oc3cc(OCC=C(C)C)ccc3C2=O)c2cc(OC)ccc21. The molecular formula is C25H25NO4. The van der Waals surface area contributed by atoms with Crippen molar-refractivity contribution in [1.29, 1.82) is 0 Å². The van der Waals surface area contributed by atoms with E-state index in [1.165, 1.54) is 5.57 Å². The van der Waals surface area contributed by atoms with Gasteiger partial charge in [-0.3, -0.25) is 4.79 Å². The minimum absolute atomic E-state index is 0.124. The van der Waals surface area contributed by atoms with Crippen LogP contribution >= 0.6 is 0 Å². The predicted octanol–water partition coefficient (Wildman–Crippen LogP) is 5.63. The van der Waals surface area contributed by atoms with Gasteiger partial charge in [0.05, 0.1) is 12.7 Å². The Morgan fingerprint density at radius 1 is 1.13 bits per heavy atom. The number of rotatable bonds is 6. The number of Topliss-reactive ketones (excluding diaryl/α,β-unsaturated/α-hetero) is 1. The molecule has 3 aromatic rings. The van der Waals surface area contributed by atoms with Crippen molar-refractivity contribution in [3.8, 4) is 17.2 Å². The van der Waals surface area contributed by atoms with Gasteiger partial charge in [-0.05, 0) is 63.3 Å². The number of allylic oxidation sites excluding steroid dienone is 2. The largest absolute Gasteiger partial charge is 0.497 e. The van der Waals surface area contributed by atoms with E-state index in [1.54, 1.807) is 31.4 Å². The zero-order valence-electron chi connectivity index (χ0n) is 17.7. The maximum absolute atomic E-state index is 12.9. The number of carbonyl (C=O) groups excluding carboxylic acids is 1. The summed E-state index contributed by atoms with van der Waals surface area (Å²) in [4.78, 5) is 12.9. The molecule has 4 rings (SSSR count). The van der Waals surface area contributed by atoms with E-state index in [-0.39, 0.29) is 5.78 Å². The highest BCUT2D eigenvalue weighted by molar-refractivity contribution is 6.15. The van der Waals surface area contributed by atoms with Crippen molar-refractivity contribution >= 4 is 22.8 Å². The first kappa shape index (κ1) is 19.8. The third-order valence-corrected chi connectivity index (χ3v) is 5.13. The van der Waals surface area contributed by atoms with Crippen molar-refractivity contribution in [2.75, 3.05) is 13.7 Å². The van der Waals surface area contributed by atoms with Gasteiger partial charge in [0.2, 0.25) is 5.78 Å². The van der Waals surface area contributed by atoms with Gasteiger partial charge in [-0.25, -0.2) is 0 Å². The lowest BCUT2D eigenvalue weighted by Gasteiger charge is -2.05. The summed E-state index contributed by atoms with van der Waals surface area (Å²) in [7, 11) is 1.65. The molecular weight excluding hydrogens is 378 g/mol. The number of nitrogens with zero attached hydrogens (tertiary/aromatic N) is 1. The second-order valence-electron chi connectivity index (χ2n) is 7.44. The maximum Gasteiger partial charge on any atom is 0.231 e. The number of hydrogen-bond donors (Lipinski definition) is 0. The summed E-state index contributed by atoms with van der Waals surface area (Å²) in [6, 6.07) is 11.3. The van der Waals surface area contributed by atoms with Gasteiger partial charge in [0.15, 0.2) is 5.76 Å². The lowest BCUT2D eigenvalue weighted by molar-refractivity contribution is 0.101. The lowest BCUT2D eigenvalue weighted by atomic mass is 10.1. The molecule has 0 radical (unpaired) electrons. The Labute approximate surface area is 176 Å². The van der Waals surface area contributed by atoms with Crippen LogP contribution in [0.2, 0.25) is 0 Å². The second-order valence-corrected chi connectivity index (χ2v) is 7.44. The van der Waals surface area contributed by atoms with Crippen LogP contribution in [0.3, 0.4) is 0 Å². The van der Waals surface area contributed by atoms with E-state index in [0.29, 0.717) is 29.4 Å². The van der Waals surface area contributed by atoms with Crippen molar-refractivity contribution in [3.05, 3.63) is 71.1 Å². The highest BCUT2D eigenvalue weighted by atomic mass is 16.5. The van der Waals surface area contributed by atoms with E-state index < -0.39 is 0 Å². The number of methoxy groups -OCH3 is 1. The average Bonchev–Trinajstić information content (AvgIpc) is 3.24. The number of aryl methyl sites for hydroxylation is 1. The summed E-state index contributed by atoms with van der Waals surface area (Å²) >= 11 is 0. The molecule has 0 N–H and O–H groups in total. The summed E-state index contributed by atoms with van der Waals surface area (Å²) in [6.07, 6.45) is 5.84. The lowest BCUT2D eigenvalue weighted by Crippen LogP contribution is -1.98. The standard InChI is InChI=1S/C25H25NO4/c1-5-26-15-17(21-13-18(28-4)7-9-22(21)26)12-24-25(27)20-8-6-19(14-23(20)30-24)29-11-10-16(2)3/h6-10,12-15H,5,11H2,1-4H3/b24-12+. The van der Waals surface area contributed by atoms with Crippen molar-refractivity contribution in [2.24, 2.45) is 0 Å². The molecule has 1 aliphatic heterocycles. The molecule has 2 heterocycles. The number of hydrogen-bond acceptors (Lipinski definition) is 4. The number of ether oxygens (including phenoxy) is 3. The predicted molar refractivity (Wildman–Crippen MR) is 118 cm³/mol. The summed E-state index contributed by atoms with van der Waals surface area (Å²) in [5.74, 6) is 2.16. The van der Waals surface area contributed by atoms with E-state index >= 15 is 0 Å². The van der Waals surface area contributed by atoms with Crippen molar-refractivity contribution in [1.82, 2.24) is 4.57 Å². The molecule has 0 saturated carbocycles. The van der Waals surface area contributed by atoms with E-state index in [4.69, 9.17) is 14.2 Å². The highest BCUT2D eigenvalue weighted by Crippen LogP contribution is 2.36. The number of carbonyl (C=O) groups is 1. The topological polar surface area (TPSA) is 49.7 Å². The van der Waals surface area contributed by atoms with Crippen LogP contribution in [-0.2, 0) is 6.54 Å². The molecule has 0 spiro atoms. The Balaban J connectivity index is 1.66. The monoisotopic (exact) mass is 403 g/mol. The number of fused-ring (bicyclic) bond motifs is 2. The van der Waals surface area contributed by atoms with Gasteiger partial charge in [-0.1, -0.05) is 5.57 Å². The van der Waals surface area contributed by atoms with Gasteiger partial charge in [0.1, 0.15) is 23.9 Å². The summed E-state index contributed by atoms with van der Waals surface area (Å²) in [5.41, 5.74) is 3.74. The zero-order chi connectivity index (χ0) is 21.3. The molecule has 0 amide bonds. The van der Waals surface area contributed by atoms with Crippen LogP contribution in [0.25, 0.3) is 17.0 Å². The highest BCUT2D eigenvalue weighted by Gasteiger charge is 2.28. The molecule has 2 aromatic carbocycles. The molecule has 0 bridgehead atoms. The summed E-state index contributed by atoms with van der Waals surface area (Å²) < 4.78 is 19.2. The third kappa shape index (κ3) is 3.71. The normalized spacial score (nSPS) is 14.0. The smallest absolute Gasteiger partial charge is 0.231 e. The Bertz CT molecular complexity index is 1180. The molecule has 5 nitrogen and oxygen atoms in total. The molecule has 0 saturated heterocycles. The van der Waals surface area contributed by atoms with Gasteiger partial charge in [-0.15, -0.1) is 0 Å². The fourth-order valence-corrected chi connectivity index (χ4v) is 3.51. The van der Waals surface area contributed by atoms with Gasteiger partial charge in [0, 0.05) is 35.3 Å². The number of ketones is 1. The molecule has 0 unspecified atom stereocenters. The fourth-order valence-electron chi connectivity index (χ4n) is 3.51. The molecule has 30 heavy (non-hydrogen) atoms. The fraction of sp³-hybridized carbons (Fsp3) is 0.240. The Morgan fingerprint density at radius 3 is 2.67 bits per heavy atom. The Hall–Kier alpha value is -3.47. The van der Waals surface area contributed by atoms with Crippen molar-refractivity contribution < 1.29 is 19.0 Å². The first-order chi connectivity index (χ1) is 14.5. The Morgan fingerprint density at radius 2 is 1.93 bits per heavy atom. The van der Waals surface area contributed by atoms with Crippen molar-refractivity contribution in [2.45, 2.75) is 27.3 Å². The van der Waals surface area contributed by atoms with Gasteiger partial charge >= 0.3 is 0 Å². The number of benzene rings is 2. The van der Waals surface area contributed by atoms with E-state index in [1.807, 2.05) is 44.3 Å². The van der Waals surface area contributed by atoms with Crippen LogP contribution in [0.1, 0.15) is 36.7 Å². The minimum atomic E-state index is -0.124. The first-order valence-corrected chi connectivity index (χ1v) is 10.0. The molecule has 1 aliphatic rings. The van der Waals surface area contributed by atoms with Crippen LogP contribution in [0.4, 0.5) is 0 Å². The molecule has 0 fully saturated rings. The quantitative estimate of drug-likeness (QED) is 0.395. The summed E-state index contributed by atoms with van der Waals surface area (Å²) in [5, 5.41) is 1.02. The Kier molecular flexibility index (Phi) is 5.36. The third-order valence-electron chi connectivity index (χ3n) is 5.13. The van der Waals surface area contributed by atoms with Crippen LogP contribution in [-0.4, -0.2) is 24.1 Å². The van der Waals surface area contributed by atoms with Gasteiger partial charge < -0.3 is 18.8 Å². The van der Waals surface area contributed by atoms with Crippen LogP contribution in [0.5, 0.6) is 17.2 Å². The first-order valence-electron chi connectivity index (χ1n) is 10.0. The van der Waals surface area contributed by atoms with E-state index in [2.05, 4.69) is 11.5 Å². The molecule has 154 valence electrons. The van der Waals surface area contributed by atoms with E-state index in [9.17, 15) is 4.79 Å².